The van der Waals surface area contributed by atoms with E-state index in [9.17, 15) is 30.0 Å². The van der Waals surface area contributed by atoms with Crippen LogP contribution in [0.15, 0.2) is 0 Å². The summed E-state index contributed by atoms with van der Waals surface area (Å²) >= 11 is 0. The standard InChI is InChI=1S/C14H22N2O8/c17-9-1-5-11(19)13(21)7(23-5)4-16-10(18)2-6-12(20)14(22)8(24-6)3-15-9/h5-8,11-14,19-22H,1-4H2,(H,15,17)(H,16,18)/t5-,6-,7+,8+,11-,12-,13+,14+/m0/s1. The van der Waals surface area contributed by atoms with Crippen LogP contribution in [0, 0.1) is 0 Å². The first-order valence-corrected chi connectivity index (χ1v) is 7.93. The van der Waals surface area contributed by atoms with E-state index in [2.05, 4.69) is 10.6 Å². The molecule has 0 aromatic rings. The van der Waals surface area contributed by atoms with Gasteiger partial charge in [0.15, 0.2) is 0 Å². The second-order valence-corrected chi connectivity index (χ2v) is 6.40. The lowest BCUT2D eigenvalue weighted by Crippen LogP contribution is -2.42. The minimum Gasteiger partial charge on any atom is -0.388 e. The molecule has 0 unspecified atom stereocenters. The lowest BCUT2D eigenvalue weighted by molar-refractivity contribution is -0.129. The maximum absolute atomic E-state index is 12.0. The molecule has 0 aliphatic carbocycles. The molecule has 0 aromatic carbocycles. The van der Waals surface area contributed by atoms with Crippen LogP contribution in [0.2, 0.25) is 0 Å². The van der Waals surface area contributed by atoms with Crippen LogP contribution >= 0.6 is 0 Å². The van der Waals surface area contributed by atoms with Crippen LogP contribution in [0.25, 0.3) is 0 Å². The molecule has 8 atom stereocenters. The summed E-state index contributed by atoms with van der Waals surface area (Å²) in [5.41, 5.74) is 0. The Bertz CT molecular complexity index is 459. The lowest BCUT2D eigenvalue weighted by atomic mass is 10.0. The van der Waals surface area contributed by atoms with Crippen LogP contribution in [0.4, 0.5) is 0 Å². The predicted molar refractivity (Wildman–Crippen MR) is 76.6 cm³/mol. The molecule has 0 saturated carbocycles. The summed E-state index contributed by atoms with van der Waals surface area (Å²) < 4.78 is 10.9. The van der Waals surface area contributed by atoms with E-state index in [1.54, 1.807) is 0 Å². The number of ether oxygens (including phenoxy) is 2. The molecule has 3 heterocycles. The number of nitrogens with one attached hydrogen (secondary N) is 2. The molecule has 0 radical (unpaired) electrons. The van der Waals surface area contributed by atoms with Gasteiger partial charge in [-0.3, -0.25) is 9.59 Å². The van der Waals surface area contributed by atoms with Gasteiger partial charge in [-0.05, 0) is 0 Å². The van der Waals surface area contributed by atoms with Crippen molar-refractivity contribution in [2.45, 2.75) is 61.7 Å². The first-order valence-electron chi connectivity index (χ1n) is 7.93. The summed E-state index contributed by atoms with van der Waals surface area (Å²) in [4.78, 5) is 23.9. The molecule has 136 valence electrons. The van der Waals surface area contributed by atoms with Crippen molar-refractivity contribution >= 4 is 11.8 Å². The molecule has 3 saturated heterocycles. The highest BCUT2D eigenvalue weighted by Crippen LogP contribution is 2.25. The van der Waals surface area contributed by atoms with E-state index >= 15 is 0 Å². The number of hydrogen-bond acceptors (Lipinski definition) is 8. The van der Waals surface area contributed by atoms with E-state index in [1.807, 2.05) is 0 Å². The molecular formula is C14H22N2O8. The first-order chi connectivity index (χ1) is 11.4. The van der Waals surface area contributed by atoms with E-state index in [0.717, 1.165) is 0 Å². The molecule has 0 spiro atoms. The van der Waals surface area contributed by atoms with Gasteiger partial charge in [0, 0.05) is 13.1 Å². The van der Waals surface area contributed by atoms with Crippen molar-refractivity contribution in [1.82, 2.24) is 10.6 Å². The second kappa shape index (κ2) is 6.90. The largest absolute Gasteiger partial charge is 0.388 e. The van der Waals surface area contributed by atoms with Crippen molar-refractivity contribution in [2.24, 2.45) is 0 Å². The van der Waals surface area contributed by atoms with Crippen molar-refractivity contribution in [1.29, 1.82) is 0 Å². The van der Waals surface area contributed by atoms with Crippen LogP contribution in [0.5, 0.6) is 0 Å². The van der Waals surface area contributed by atoms with Crippen LogP contribution in [-0.4, -0.2) is 94.2 Å². The van der Waals surface area contributed by atoms with E-state index in [1.165, 1.54) is 0 Å². The Balaban J connectivity index is 1.73. The summed E-state index contributed by atoms with van der Waals surface area (Å²) in [6.07, 6.45) is -8.72. The Morgan fingerprint density at radius 1 is 0.667 bits per heavy atom. The molecule has 3 aliphatic heterocycles. The summed E-state index contributed by atoms with van der Waals surface area (Å²) in [6.45, 7) is -0.103. The van der Waals surface area contributed by atoms with E-state index < -0.39 is 60.6 Å². The van der Waals surface area contributed by atoms with Gasteiger partial charge in [0.2, 0.25) is 11.8 Å². The predicted octanol–water partition coefficient (Wildman–Crippen LogP) is -4.01. The minimum absolute atomic E-state index is 0.0516. The molecule has 0 aromatic heterocycles. The molecule has 10 nitrogen and oxygen atoms in total. The van der Waals surface area contributed by atoms with Gasteiger partial charge in [-0.2, -0.15) is 0 Å². The zero-order chi connectivity index (χ0) is 17.4. The minimum atomic E-state index is -1.23. The Morgan fingerprint density at radius 2 is 1.00 bits per heavy atom. The number of rotatable bonds is 0. The molecular weight excluding hydrogens is 324 g/mol. The summed E-state index contributed by atoms with van der Waals surface area (Å²) in [5, 5.41) is 44.9. The number of carbonyl (C=O) groups is 2. The number of amides is 2. The van der Waals surface area contributed by atoms with Crippen molar-refractivity contribution in [3.05, 3.63) is 0 Å². The Hall–Kier alpha value is -1.30. The molecule has 10 heteroatoms. The smallest absolute Gasteiger partial charge is 0.222 e. The van der Waals surface area contributed by atoms with Crippen molar-refractivity contribution in [3.63, 3.8) is 0 Å². The van der Waals surface area contributed by atoms with Gasteiger partial charge in [-0.15, -0.1) is 0 Å². The quantitative estimate of drug-likeness (QED) is 0.259. The molecule has 3 rings (SSSR count). The normalized spacial score (nSPS) is 47.0. The van der Waals surface area contributed by atoms with Gasteiger partial charge >= 0.3 is 0 Å². The highest BCUT2D eigenvalue weighted by molar-refractivity contribution is 5.77. The fraction of sp³-hybridized carbons (Fsp3) is 0.857. The summed E-state index contributed by atoms with van der Waals surface area (Å²) in [5.74, 6) is -0.886. The third-order valence-electron chi connectivity index (χ3n) is 4.70. The Morgan fingerprint density at radius 3 is 1.38 bits per heavy atom. The van der Waals surface area contributed by atoms with E-state index in [-0.39, 0.29) is 25.9 Å². The third-order valence-corrected chi connectivity index (χ3v) is 4.70. The van der Waals surface area contributed by atoms with Gasteiger partial charge in [-0.1, -0.05) is 0 Å². The Labute approximate surface area is 137 Å². The zero-order valence-corrected chi connectivity index (χ0v) is 12.9. The Kier molecular flexibility index (Phi) is 5.04. The summed E-state index contributed by atoms with van der Waals surface area (Å²) in [7, 11) is 0. The SMILES string of the molecule is O=C1C[C@@H]2O[C@H](CNC(=O)C[C@@H]3O[C@H](CN1)[C@@H](O)[C@H]3O)[C@@H](O)[C@H]2O. The van der Waals surface area contributed by atoms with Gasteiger partial charge in [0.25, 0.3) is 0 Å². The van der Waals surface area contributed by atoms with Crippen LogP contribution in [0.3, 0.4) is 0 Å². The fourth-order valence-electron chi connectivity index (χ4n) is 3.26. The zero-order valence-electron chi connectivity index (χ0n) is 12.9. The average Bonchev–Trinajstić information content (AvgIpc) is 2.95. The second-order valence-electron chi connectivity index (χ2n) is 6.40. The molecule has 3 fully saturated rings. The summed E-state index contributed by atoms with van der Waals surface area (Å²) in [6, 6.07) is 0. The maximum atomic E-state index is 12.0. The number of fused-ring (bicyclic) bond motifs is 4. The lowest BCUT2D eigenvalue weighted by Gasteiger charge is -2.19. The van der Waals surface area contributed by atoms with Gasteiger partial charge < -0.3 is 40.5 Å². The highest BCUT2D eigenvalue weighted by Gasteiger charge is 2.46. The van der Waals surface area contributed by atoms with Crippen molar-refractivity contribution in [2.75, 3.05) is 13.1 Å². The van der Waals surface area contributed by atoms with Crippen LogP contribution < -0.4 is 10.6 Å². The van der Waals surface area contributed by atoms with Gasteiger partial charge in [0.1, 0.15) is 36.6 Å². The van der Waals surface area contributed by atoms with Crippen molar-refractivity contribution in [3.8, 4) is 0 Å². The number of aliphatic hydroxyl groups excluding tert-OH is 4. The van der Waals surface area contributed by atoms with E-state index in [0.29, 0.717) is 0 Å². The number of aliphatic hydroxyl groups is 4. The highest BCUT2D eigenvalue weighted by atomic mass is 16.5. The molecule has 6 N–H and O–H groups in total. The van der Waals surface area contributed by atoms with Crippen molar-refractivity contribution < 1.29 is 39.5 Å². The topological polar surface area (TPSA) is 158 Å². The number of hydrogen-bond donors (Lipinski definition) is 6. The van der Waals surface area contributed by atoms with Gasteiger partial charge in [0.05, 0.1) is 25.0 Å². The van der Waals surface area contributed by atoms with Crippen LogP contribution in [-0.2, 0) is 19.1 Å². The van der Waals surface area contributed by atoms with E-state index in [4.69, 9.17) is 9.47 Å². The average molecular weight is 346 g/mol. The number of carbonyl (C=O) groups excluding carboxylic acids is 2. The first kappa shape index (κ1) is 17.5. The molecule has 24 heavy (non-hydrogen) atoms. The molecule has 3 aliphatic rings. The molecule has 4 bridgehead atoms. The molecule has 2 amide bonds. The maximum Gasteiger partial charge on any atom is 0.222 e. The van der Waals surface area contributed by atoms with Crippen LogP contribution in [0.1, 0.15) is 12.8 Å². The fourth-order valence-corrected chi connectivity index (χ4v) is 3.26. The third kappa shape index (κ3) is 3.39. The van der Waals surface area contributed by atoms with Gasteiger partial charge in [-0.25, -0.2) is 0 Å². The monoisotopic (exact) mass is 346 g/mol.